The summed E-state index contributed by atoms with van der Waals surface area (Å²) < 4.78 is 24.4. The molecule has 1 aromatic rings. The lowest BCUT2D eigenvalue weighted by Gasteiger charge is -2.02. The number of nitrogens with zero attached hydrogens (tertiary/aromatic N) is 1. The van der Waals surface area contributed by atoms with E-state index in [-0.39, 0.29) is 18.9 Å². The summed E-state index contributed by atoms with van der Waals surface area (Å²) >= 11 is 1.41. The Morgan fingerprint density at radius 3 is 2.92 bits per heavy atom. The molecule has 7 heteroatoms. The minimum atomic E-state index is -3.34. The molecule has 0 fully saturated rings. The van der Waals surface area contributed by atoms with Gasteiger partial charge in [0.05, 0.1) is 30.1 Å². The molecule has 0 saturated heterocycles. The highest BCUT2D eigenvalue weighted by Gasteiger charge is 2.08. The first-order valence-corrected chi connectivity index (χ1v) is 6.19. The molecule has 5 nitrogen and oxygen atoms in total. The Labute approximate surface area is 80.5 Å². The van der Waals surface area contributed by atoms with Crippen molar-refractivity contribution in [2.45, 2.75) is 6.54 Å². The fourth-order valence-electron chi connectivity index (χ4n) is 0.701. The summed E-state index contributed by atoms with van der Waals surface area (Å²) in [5, 5.41) is 10.2. The zero-order chi connectivity index (χ0) is 9.73. The van der Waals surface area contributed by atoms with Gasteiger partial charge in [-0.05, 0) is 0 Å². The number of aliphatic hydroxyl groups is 1. The fourth-order valence-corrected chi connectivity index (χ4v) is 2.01. The Morgan fingerprint density at radius 1 is 1.62 bits per heavy atom. The average molecular weight is 222 g/mol. The van der Waals surface area contributed by atoms with Crippen LogP contribution < -0.4 is 4.72 Å². The predicted octanol–water partition coefficient (Wildman–Crippen LogP) is -0.445. The highest BCUT2D eigenvalue weighted by Crippen LogP contribution is 2.00. The van der Waals surface area contributed by atoms with Gasteiger partial charge in [-0.1, -0.05) is 0 Å². The van der Waals surface area contributed by atoms with E-state index in [1.807, 2.05) is 0 Å². The molecule has 0 aromatic carbocycles. The topological polar surface area (TPSA) is 79.3 Å². The van der Waals surface area contributed by atoms with Crippen LogP contribution in [-0.2, 0) is 16.6 Å². The van der Waals surface area contributed by atoms with E-state index in [1.54, 1.807) is 10.9 Å². The Hall–Kier alpha value is -0.500. The van der Waals surface area contributed by atoms with E-state index in [2.05, 4.69) is 9.71 Å². The van der Waals surface area contributed by atoms with E-state index >= 15 is 0 Å². The van der Waals surface area contributed by atoms with Crippen molar-refractivity contribution >= 4 is 21.4 Å². The zero-order valence-electron chi connectivity index (χ0n) is 6.80. The van der Waals surface area contributed by atoms with Gasteiger partial charge in [-0.3, -0.25) is 0 Å². The Bertz CT molecular complexity index is 333. The van der Waals surface area contributed by atoms with Gasteiger partial charge in [-0.2, -0.15) is 0 Å². The second-order valence-electron chi connectivity index (χ2n) is 2.34. The van der Waals surface area contributed by atoms with Crippen LogP contribution in [0.3, 0.4) is 0 Å². The lowest BCUT2D eigenvalue weighted by molar-refractivity contribution is 0.319. The lowest BCUT2D eigenvalue weighted by Crippen LogP contribution is -2.27. The second kappa shape index (κ2) is 4.66. The van der Waals surface area contributed by atoms with Crippen LogP contribution in [0.15, 0.2) is 10.9 Å². The van der Waals surface area contributed by atoms with E-state index < -0.39 is 10.0 Å². The van der Waals surface area contributed by atoms with Crippen molar-refractivity contribution in [3.8, 4) is 0 Å². The van der Waals surface area contributed by atoms with Crippen LogP contribution in [0.1, 0.15) is 5.69 Å². The Morgan fingerprint density at radius 2 is 2.38 bits per heavy atom. The molecule has 0 unspecified atom stereocenters. The number of nitrogens with one attached hydrogen (secondary N) is 1. The molecule has 1 rings (SSSR count). The average Bonchev–Trinajstić information content (AvgIpc) is 2.52. The summed E-state index contributed by atoms with van der Waals surface area (Å²) in [6.07, 6.45) is 0. The summed E-state index contributed by atoms with van der Waals surface area (Å²) in [6, 6.07) is 0. The van der Waals surface area contributed by atoms with Gasteiger partial charge < -0.3 is 5.11 Å². The maximum atomic E-state index is 11.0. The van der Waals surface area contributed by atoms with E-state index in [4.69, 9.17) is 5.11 Å². The zero-order valence-corrected chi connectivity index (χ0v) is 8.44. The normalized spacial score (nSPS) is 11.8. The monoisotopic (exact) mass is 222 g/mol. The van der Waals surface area contributed by atoms with E-state index in [0.717, 1.165) is 0 Å². The van der Waals surface area contributed by atoms with Crippen LogP contribution in [-0.4, -0.2) is 30.9 Å². The summed E-state index contributed by atoms with van der Waals surface area (Å²) in [4.78, 5) is 3.91. The standard InChI is InChI=1S/C6H10N2O3S2/c9-1-2-13(10,11)8-3-6-4-12-5-7-6/h4-5,8-9H,1-3H2. The predicted molar refractivity (Wildman–Crippen MR) is 49.8 cm³/mol. The van der Waals surface area contributed by atoms with Crippen molar-refractivity contribution in [2.24, 2.45) is 0 Å². The molecule has 2 N–H and O–H groups in total. The molecule has 1 aromatic heterocycles. The SMILES string of the molecule is O=S(=O)(CCO)NCc1cscn1. The van der Waals surface area contributed by atoms with Gasteiger partial charge in [0.1, 0.15) is 0 Å². The number of aliphatic hydroxyl groups excluding tert-OH is 1. The Balaban J connectivity index is 2.43. The summed E-state index contributed by atoms with van der Waals surface area (Å²) in [7, 11) is -3.34. The molecular formula is C6H10N2O3S2. The van der Waals surface area contributed by atoms with Gasteiger partial charge in [0.15, 0.2) is 0 Å². The summed E-state index contributed by atoms with van der Waals surface area (Å²) in [5.74, 6) is -0.267. The molecule has 13 heavy (non-hydrogen) atoms. The number of sulfonamides is 1. The van der Waals surface area contributed by atoms with Gasteiger partial charge in [0, 0.05) is 5.38 Å². The fraction of sp³-hybridized carbons (Fsp3) is 0.500. The number of hydrogen-bond donors (Lipinski definition) is 2. The number of hydrogen-bond acceptors (Lipinski definition) is 5. The van der Waals surface area contributed by atoms with Crippen molar-refractivity contribution in [2.75, 3.05) is 12.4 Å². The van der Waals surface area contributed by atoms with Crippen molar-refractivity contribution in [3.63, 3.8) is 0 Å². The quantitative estimate of drug-likeness (QED) is 0.707. The highest BCUT2D eigenvalue weighted by molar-refractivity contribution is 7.89. The minimum absolute atomic E-state index is 0.186. The van der Waals surface area contributed by atoms with Gasteiger partial charge >= 0.3 is 0 Å². The molecule has 0 bridgehead atoms. The van der Waals surface area contributed by atoms with Crippen molar-refractivity contribution < 1.29 is 13.5 Å². The smallest absolute Gasteiger partial charge is 0.214 e. The van der Waals surface area contributed by atoms with Crippen LogP contribution in [0.4, 0.5) is 0 Å². The van der Waals surface area contributed by atoms with Crippen LogP contribution in [0.2, 0.25) is 0 Å². The van der Waals surface area contributed by atoms with Gasteiger partial charge in [0.25, 0.3) is 0 Å². The Kier molecular flexibility index (Phi) is 3.79. The molecule has 0 aliphatic rings. The van der Waals surface area contributed by atoms with Crippen LogP contribution in [0, 0.1) is 0 Å². The second-order valence-corrected chi connectivity index (χ2v) is 4.99. The van der Waals surface area contributed by atoms with Crippen molar-refractivity contribution in [3.05, 3.63) is 16.6 Å². The molecular weight excluding hydrogens is 212 g/mol. The molecule has 0 spiro atoms. The van der Waals surface area contributed by atoms with E-state index in [0.29, 0.717) is 5.69 Å². The molecule has 0 amide bonds. The molecule has 74 valence electrons. The number of aromatic nitrogens is 1. The maximum absolute atomic E-state index is 11.0. The third kappa shape index (κ3) is 3.81. The number of rotatable bonds is 5. The molecule has 0 radical (unpaired) electrons. The molecule has 1 heterocycles. The molecule has 0 aliphatic carbocycles. The van der Waals surface area contributed by atoms with Gasteiger partial charge in [0.2, 0.25) is 10.0 Å². The van der Waals surface area contributed by atoms with Crippen LogP contribution in [0.25, 0.3) is 0 Å². The van der Waals surface area contributed by atoms with Crippen LogP contribution in [0.5, 0.6) is 0 Å². The first kappa shape index (κ1) is 10.6. The molecule has 0 aliphatic heterocycles. The summed E-state index contributed by atoms with van der Waals surface area (Å²) in [6.45, 7) is -0.182. The summed E-state index contributed by atoms with van der Waals surface area (Å²) in [5.41, 5.74) is 2.32. The van der Waals surface area contributed by atoms with Gasteiger partial charge in [-0.15, -0.1) is 11.3 Å². The third-order valence-corrected chi connectivity index (χ3v) is 3.26. The van der Waals surface area contributed by atoms with Crippen molar-refractivity contribution in [1.82, 2.24) is 9.71 Å². The molecule has 0 atom stereocenters. The van der Waals surface area contributed by atoms with Gasteiger partial charge in [-0.25, -0.2) is 18.1 Å². The largest absolute Gasteiger partial charge is 0.395 e. The third-order valence-electron chi connectivity index (χ3n) is 1.32. The minimum Gasteiger partial charge on any atom is -0.395 e. The highest BCUT2D eigenvalue weighted by atomic mass is 32.2. The number of thiazole rings is 1. The lowest BCUT2D eigenvalue weighted by atomic mass is 10.5. The first-order chi connectivity index (χ1) is 6.14. The van der Waals surface area contributed by atoms with Crippen LogP contribution >= 0.6 is 11.3 Å². The first-order valence-electron chi connectivity index (χ1n) is 3.59. The van der Waals surface area contributed by atoms with E-state index in [9.17, 15) is 8.42 Å². The molecule has 0 saturated carbocycles. The maximum Gasteiger partial charge on any atom is 0.214 e. The van der Waals surface area contributed by atoms with Crippen molar-refractivity contribution in [1.29, 1.82) is 0 Å². The van der Waals surface area contributed by atoms with E-state index in [1.165, 1.54) is 11.3 Å².